The maximum Gasteiger partial charge on any atom is 0.490 e. The van der Waals surface area contributed by atoms with Gasteiger partial charge in [0.25, 0.3) is 0 Å². The molecule has 0 bridgehead atoms. The number of hydrogen-bond acceptors (Lipinski definition) is 5. The van der Waals surface area contributed by atoms with Crippen LogP contribution in [-0.4, -0.2) is 50.9 Å². The molecule has 0 saturated heterocycles. The predicted octanol–water partition coefficient (Wildman–Crippen LogP) is 2.97. The van der Waals surface area contributed by atoms with Gasteiger partial charge in [-0.3, -0.25) is 14.4 Å². The van der Waals surface area contributed by atoms with Gasteiger partial charge >= 0.3 is 12.1 Å². The number of aromatic nitrogens is 2. The predicted molar refractivity (Wildman–Crippen MR) is 103 cm³/mol. The molecule has 170 valence electrons. The molecule has 31 heavy (non-hydrogen) atoms. The monoisotopic (exact) mass is 442 g/mol. The van der Waals surface area contributed by atoms with E-state index in [1.807, 2.05) is 23.0 Å². The molecule has 2 aliphatic rings. The van der Waals surface area contributed by atoms with E-state index in [4.69, 9.17) is 14.3 Å². The number of furan rings is 1. The van der Waals surface area contributed by atoms with Gasteiger partial charge in [-0.25, -0.2) is 4.79 Å². The molecule has 1 aliphatic heterocycles. The number of amides is 1. The fourth-order valence-electron chi connectivity index (χ4n) is 3.68. The van der Waals surface area contributed by atoms with Gasteiger partial charge in [-0.05, 0) is 37.0 Å². The minimum absolute atomic E-state index is 0.0448. The summed E-state index contributed by atoms with van der Waals surface area (Å²) in [5.74, 6) is -1.10. The zero-order valence-electron chi connectivity index (χ0n) is 16.8. The first-order chi connectivity index (χ1) is 14.7. The number of nitrogens with zero attached hydrogens (tertiary/aromatic N) is 3. The van der Waals surface area contributed by atoms with Gasteiger partial charge in [-0.2, -0.15) is 18.3 Å². The van der Waals surface area contributed by atoms with E-state index in [1.54, 1.807) is 6.26 Å². The molecule has 1 atom stereocenters. The Balaban J connectivity index is 0.000000339. The number of hydrogen-bond donors (Lipinski definition) is 2. The highest BCUT2D eigenvalue weighted by atomic mass is 19.4. The first-order valence-corrected chi connectivity index (χ1v) is 10.1. The molecule has 11 heteroatoms. The average molecular weight is 442 g/mol. The highest BCUT2D eigenvalue weighted by molar-refractivity contribution is 5.76. The van der Waals surface area contributed by atoms with Gasteiger partial charge in [0.1, 0.15) is 5.76 Å². The molecule has 2 N–H and O–H groups in total. The zero-order valence-corrected chi connectivity index (χ0v) is 16.8. The fraction of sp³-hybridized carbons (Fsp3) is 0.550. The van der Waals surface area contributed by atoms with Crippen LogP contribution in [0.2, 0.25) is 0 Å². The Bertz CT molecular complexity index is 862. The lowest BCUT2D eigenvalue weighted by Crippen LogP contribution is -2.42. The minimum Gasteiger partial charge on any atom is -0.475 e. The van der Waals surface area contributed by atoms with Crippen LogP contribution in [0.1, 0.15) is 43.2 Å². The summed E-state index contributed by atoms with van der Waals surface area (Å²) < 4.78 is 39.0. The Morgan fingerprint density at radius 1 is 1.29 bits per heavy atom. The summed E-state index contributed by atoms with van der Waals surface area (Å²) in [6.45, 7) is 3.44. The number of carbonyl (C=O) groups is 2. The van der Waals surface area contributed by atoms with E-state index in [1.165, 1.54) is 25.0 Å². The van der Waals surface area contributed by atoms with Crippen molar-refractivity contribution in [1.29, 1.82) is 0 Å². The second-order valence-electron chi connectivity index (χ2n) is 7.78. The van der Waals surface area contributed by atoms with Gasteiger partial charge in [0, 0.05) is 25.8 Å². The van der Waals surface area contributed by atoms with Crippen LogP contribution in [0, 0.1) is 5.92 Å². The fourth-order valence-corrected chi connectivity index (χ4v) is 3.68. The summed E-state index contributed by atoms with van der Waals surface area (Å²) in [6.07, 6.45) is 2.91. The Morgan fingerprint density at radius 3 is 2.61 bits per heavy atom. The molecular formula is C20H25F3N4O4. The van der Waals surface area contributed by atoms with Gasteiger partial charge in [0.15, 0.2) is 0 Å². The van der Waals surface area contributed by atoms with Crippen molar-refractivity contribution in [3.05, 3.63) is 42.1 Å². The summed E-state index contributed by atoms with van der Waals surface area (Å²) in [5.41, 5.74) is 1.21. The average Bonchev–Trinajstić information content (AvgIpc) is 3.34. The number of carbonyl (C=O) groups excluding carboxylic acids is 1. The second-order valence-corrected chi connectivity index (χ2v) is 7.78. The van der Waals surface area contributed by atoms with E-state index >= 15 is 0 Å². The summed E-state index contributed by atoms with van der Waals surface area (Å²) in [6, 6.07) is 5.88. The van der Waals surface area contributed by atoms with Crippen molar-refractivity contribution in [3.8, 4) is 0 Å². The maximum absolute atomic E-state index is 12.3. The van der Waals surface area contributed by atoms with Gasteiger partial charge in [-0.1, -0.05) is 6.42 Å². The van der Waals surface area contributed by atoms with Crippen molar-refractivity contribution >= 4 is 11.9 Å². The third-order valence-corrected chi connectivity index (χ3v) is 5.40. The number of halogens is 3. The molecule has 0 radical (unpaired) electrons. The topological polar surface area (TPSA) is 101 Å². The van der Waals surface area contributed by atoms with Gasteiger partial charge in [-0.15, -0.1) is 0 Å². The third kappa shape index (κ3) is 6.58. The normalized spacial score (nSPS) is 19.0. The Morgan fingerprint density at radius 2 is 2.03 bits per heavy atom. The van der Waals surface area contributed by atoms with E-state index in [9.17, 15) is 18.0 Å². The standard InChI is InChI=1S/C18H24N4O2.C2HF3O2/c23-18(19-10-17-5-2-8-24-17)9-16-13-21(11-14-3-1-4-14)12-15-6-7-20-22(15)16;3-2(4,5)1(6)7/h2,5-8,14,16H,1,3-4,9-13H2,(H,19,23);(H,6,7). The van der Waals surface area contributed by atoms with E-state index in [-0.39, 0.29) is 11.9 Å². The molecule has 1 unspecified atom stereocenters. The molecule has 0 spiro atoms. The van der Waals surface area contributed by atoms with Crippen LogP contribution in [-0.2, 0) is 22.7 Å². The van der Waals surface area contributed by atoms with Crippen molar-refractivity contribution in [2.75, 3.05) is 13.1 Å². The van der Waals surface area contributed by atoms with E-state index in [0.717, 1.165) is 31.3 Å². The Kier molecular flexibility index (Phi) is 7.37. The van der Waals surface area contributed by atoms with Gasteiger partial charge < -0.3 is 14.8 Å². The molecule has 0 aromatic carbocycles. The molecule has 3 heterocycles. The van der Waals surface area contributed by atoms with Gasteiger partial charge in [0.05, 0.1) is 31.0 Å². The number of aliphatic carboxylic acids is 1. The summed E-state index contributed by atoms with van der Waals surface area (Å²) in [4.78, 5) is 23.7. The first-order valence-electron chi connectivity index (χ1n) is 10.1. The highest BCUT2D eigenvalue weighted by Gasteiger charge is 2.38. The largest absolute Gasteiger partial charge is 0.490 e. The number of nitrogens with one attached hydrogen (secondary N) is 1. The molecule has 1 saturated carbocycles. The molecule has 2 aromatic heterocycles. The van der Waals surface area contributed by atoms with Crippen molar-refractivity contribution in [2.45, 2.75) is 51.0 Å². The van der Waals surface area contributed by atoms with E-state index in [2.05, 4.69) is 21.4 Å². The van der Waals surface area contributed by atoms with Crippen LogP contribution in [0.5, 0.6) is 0 Å². The lowest BCUT2D eigenvalue weighted by atomic mass is 9.85. The van der Waals surface area contributed by atoms with Crippen LogP contribution in [0.3, 0.4) is 0 Å². The number of rotatable bonds is 6. The second kappa shape index (κ2) is 9.99. The molecule has 8 nitrogen and oxygen atoms in total. The van der Waals surface area contributed by atoms with E-state index < -0.39 is 12.1 Å². The van der Waals surface area contributed by atoms with Crippen LogP contribution in [0.4, 0.5) is 13.2 Å². The first kappa shape index (κ1) is 22.9. The lowest BCUT2D eigenvalue weighted by Gasteiger charge is -2.38. The van der Waals surface area contributed by atoms with Crippen molar-refractivity contribution in [3.63, 3.8) is 0 Å². The van der Waals surface area contributed by atoms with Crippen LogP contribution < -0.4 is 5.32 Å². The van der Waals surface area contributed by atoms with Gasteiger partial charge in [0.2, 0.25) is 5.91 Å². The molecule has 4 rings (SSSR count). The number of carboxylic acids is 1. The van der Waals surface area contributed by atoms with Crippen LogP contribution in [0.15, 0.2) is 35.1 Å². The molecule has 1 aliphatic carbocycles. The number of fused-ring (bicyclic) bond motifs is 1. The summed E-state index contributed by atoms with van der Waals surface area (Å²) in [5, 5.41) is 14.5. The molecule has 1 amide bonds. The summed E-state index contributed by atoms with van der Waals surface area (Å²) in [7, 11) is 0. The van der Waals surface area contributed by atoms with Crippen molar-refractivity contribution in [1.82, 2.24) is 20.0 Å². The Labute approximate surface area is 177 Å². The number of carboxylic acid groups (broad SMARTS) is 1. The minimum atomic E-state index is -5.08. The maximum atomic E-state index is 12.3. The highest BCUT2D eigenvalue weighted by Crippen LogP contribution is 2.30. The lowest BCUT2D eigenvalue weighted by molar-refractivity contribution is -0.192. The van der Waals surface area contributed by atoms with Crippen LogP contribution >= 0.6 is 0 Å². The van der Waals surface area contributed by atoms with Crippen molar-refractivity contribution < 1.29 is 32.3 Å². The summed E-state index contributed by atoms with van der Waals surface area (Å²) >= 11 is 0. The molecule has 2 aromatic rings. The SMILES string of the molecule is O=C(CC1CN(CC2CCC2)Cc2ccnn21)NCc1ccco1.O=C(O)C(F)(F)F. The smallest absolute Gasteiger partial charge is 0.475 e. The quantitative estimate of drug-likeness (QED) is 0.714. The molecular weight excluding hydrogens is 417 g/mol. The van der Waals surface area contributed by atoms with E-state index in [0.29, 0.717) is 13.0 Å². The molecule has 1 fully saturated rings. The zero-order chi connectivity index (χ0) is 22.4. The van der Waals surface area contributed by atoms with Crippen LogP contribution in [0.25, 0.3) is 0 Å². The third-order valence-electron chi connectivity index (χ3n) is 5.40. The number of alkyl halides is 3. The Hall–Kier alpha value is -2.82. The van der Waals surface area contributed by atoms with Crippen molar-refractivity contribution in [2.24, 2.45) is 5.92 Å².